The van der Waals surface area contributed by atoms with E-state index in [1.165, 1.54) is 18.2 Å². The summed E-state index contributed by atoms with van der Waals surface area (Å²) in [4.78, 5) is 16.7. The molecule has 4 nitrogen and oxygen atoms in total. The van der Waals surface area contributed by atoms with Crippen molar-refractivity contribution in [2.75, 3.05) is 0 Å². The van der Waals surface area contributed by atoms with Gasteiger partial charge in [-0.05, 0) is 88.4 Å². The van der Waals surface area contributed by atoms with Crippen LogP contribution in [-0.2, 0) is 6.42 Å². The molecule has 31 heavy (non-hydrogen) atoms. The van der Waals surface area contributed by atoms with E-state index < -0.39 is 5.97 Å². The zero-order valence-corrected chi connectivity index (χ0v) is 19.1. The molecule has 0 N–H and O–H groups in total. The van der Waals surface area contributed by atoms with Crippen molar-refractivity contribution in [1.82, 2.24) is 4.98 Å². The maximum Gasteiger partial charge on any atom is 0.345 e. The first-order valence-corrected chi connectivity index (χ1v) is 11.2. The van der Waals surface area contributed by atoms with Crippen LogP contribution in [0.15, 0.2) is 54.4 Å². The highest BCUT2D eigenvalue weighted by Crippen LogP contribution is 2.40. The Morgan fingerprint density at radius 1 is 1.26 bits per heavy atom. The van der Waals surface area contributed by atoms with Crippen LogP contribution in [0, 0.1) is 0 Å². The molecule has 1 aliphatic heterocycles. The summed E-state index contributed by atoms with van der Waals surface area (Å²) in [5.74, 6) is 0.914. The standard InChI is InChI=1S/C27H33NO3/c1-5-6-7-11-21-17-24(30-26(29)22-12-9-16-28-19-22)23-13-15-27(4,31-25(23)18-21)14-8-10-20(2)3/h9-10,12-13,15-19H,5-8,11,14H2,1-4H3. The average Bonchev–Trinajstić information content (AvgIpc) is 2.74. The van der Waals surface area contributed by atoms with Gasteiger partial charge in [0, 0.05) is 12.4 Å². The average molecular weight is 420 g/mol. The van der Waals surface area contributed by atoms with Gasteiger partial charge in [-0.1, -0.05) is 31.4 Å². The van der Waals surface area contributed by atoms with Crippen LogP contribution in [0.5, 0.6) is 11.5 Å². The van der Waals surface area contributed by atoms with Gasteiger partial charge in [-0.2, -0.15) is 0 Å². The molecule has 0 radical (unpaired) electrons. The minimum absolute atomic E-state index is 0.383. The number of nitrogens with zero attached hydrogens (tertiary/aromatic N) is 1. The van der Waals surface area contributed by atoms with Gasteiger partial charge in [-0.3, -0.25) is 4.98 Å². The van der Waals surface area contributed by atoms with Crippen LogP contribution in [0.1, 0.15) is 81.3 Å². The van der Waals surface area contributed by atoms with Crippen molar-refractivity contribution in [1.29, 1.82) is 0 Å². The number of pyridine rings is 1. The smallest absolute Gasteiger partial charge is 0.345 e. The van der Waals surface area contributed by atoms with Gasteiger partial charge in [-0.25, -0.2) is 4.79 Å². The Labute approximate surface area is 186 Å². The van der Waals surface area contributed by atoms with Gasteiger partial charge in [0.05, 0.1) is 11.1 Å². The molecule has 1 aliphatic rings. The molecule has 3 rings (SSSR count). The highest BCUT2D eigenvalue weighted by atomic mass is 16.5. The molecule has 0 fully saturated rings. The minimum Gasteiger partial charge on any atom is -0.483 e. The van der Waals surface area contributed by atoms with Gasteiger partial charge >= 0.3 is 5.97 Å². The maximum absolute atomic E-state index is 12.7. The SMILES string of the molecule is CCCCCc1cc(OC(=O)c2cccnc2)c2c(c1)OC(C)(CCC=C(C)C)C=C2. The number of hydrogen-bond acceptors (Lipinski definition) is 4. The molecular weight excluding hydrogens is 386 g/mol. The predicted molar refractivity (Wildman–Crippen MR) is 126 cm³/mol. The summed E-state index contributed by atoms with van der Waals surface area (Å²) in [7, 11) is 0. The van der Waals surface area contributed by atoms with Gasteiger partial charge in [0.1, 0.15) is 17.1 Å². The number of aryl methyl sites for hydroxylation is 1. The zero-order valence-electron chi connectivity index (χ0n) is 19.1. The number of unbranched alkanes of at least 4 members (excludes halogenated alkanes) is 2. The predicted octanol–water partition coefficient (Wildman–Crippen LogP) is 6.94. The number of ether oxygens (including phenoxy) is 2. The van der Waals surface area contributed by atoms with Crippen molar-refractivity contribution in [2.45, 2.75) is 71.8 Å². The van der Waals surface area contributed by atoms with E-state index in [1.807, 2.05) is 12.1 Å². The molecule has 2 heterocycles. The summed E-state index contributed by atoms with van der Waals surface area (Å²) in [5, 5.41) is 0. The molecule has 1 unspecified atom stereocenters. The Bertz CT molecular complexity index is 958. The van der Waals surface area contributed by atoms with E-state index in [9.17, 15) is 4.79 Å². The Morgan fingerprint density at radius 3 is 2.81 bits per heavy atom. The Hall–Kier alpha value is -2.88. The number of hydrogen-bond donors (Lipinski definition) is 0. The molecule has 0 saturated carbocycles. The van der Waals surface area contributed by atoms with Crippen LogP contribution in [0.3, 0.4) is 0 Å². The third kappa shape index (κ3) is 6.30. The van der Waals surface area contributed by atoms with E-state index in [0.29, 0.717) is 11.3 Å². The lowest BCUT2D eigenvalue weighted by atomic mass is 9.93. The minimum atomic E-state index is -0.411. The number of fused-ring (bicyclic) bond motifs is 1. The van der Waals surface area contributed by atoms with Crippen LogP contribution < -0.4 is 9.47 Å². The lowest BCUT2D eigenvalue weighted by Gasteiger charge is -2.32. The van der Waals surface area contributed by atoms with Crippen molar-refractivity contribution in [3.63, 3.8) is 0 Å². The van der Waals surface area contributed by atoms with Gasteiger partial charge in [0.2, 0.25) is 0 Å². The fourth-order valence-corrected chi connectivity index (χ4v) is 3.68. The first-order chi connectivity index (χ1) is 14.9. The normalized spacial score (nSPS) is 16.9. The fourth-order valence-electron chi connectivity index (χ4n) is 3.68. The largest absolute Gasteiger partial charge is 0.483 e. The van der Waals surface area contributed by atoms with Gasteiger partial charge < -0.3 is 9.47 Å². The van der Waals surface area contributed by atoms with E-state index in [-0.39, 0.29) is 5.60 Å². The lowest BCUT2D eigenvalue weighted by molar-refractivity contribution is 0.0732. The number of benzene rings is 1. The second-order valence-electron chi connectivity index (χ2n) is 8.66. The van der Waals surface area contributed by atoms with Crippen molar-refractivity contribution in [2.24, 2.45) is 0 Å². The van der Waals surface area contributed by atoms with Gasteiger partial charge in [0.25, 0.3) is 0 Å². The van der Waals surface area contributed by atoms with E-state index in [1.54, 1.807) is 18.3 Å². The summed E-state index contributed by atoms with van der Waals surface area (Å²) in [6.07, 6.45) is 15.7. The van der Waals surface area contributed by atoms with Crippen molar-refractivity contribution >= 4 is 12.0 Å². The number of esters is 1. The van der Waals surface area contributed by atoms with Crippen LogP contribution in [0.4, 0.5) is 0 Å². The third-order valence-corrected chi connectivity index (χ3v) is 5.47. The number of allylic oxidation sites excluding steroid dienone is 2. The highest BCUT2D eigenvalue weighted by molar-refractivity contribution is 5.91. The topological polar surface area (TPSA) is 48.4 Å². The fraction of sp³-hybridized carbons (Fsp3) is 0.407. The van der Waals surface area contributed by atoms with Crippen LogP contribution in [-0.4, -0.2) is 16.6 Å². The van der Waals surface area contributed by atoms with E-state index in [2.05, 4.69) is 50.9 Å². The molecule has 1 atom stereocenters. The number of rotatable bonds is 9. The Kier molecular flexibility index (Phi) is 7.67. The monoisotopic (exact) mass is 419 g/mol. The number of aromatic nitrogens is 1. The van der Waals surface area contributed by atoms with E-state index in [0.717, 1.165) is 49.0 Å². The summed E-state index contributed by atoms with van der Waals surface area (Å²) in [6.45, 7) is 8.53. The van der Waals surface area contributed by atoms with E-state index >= 15 is 0 Å². The summed E-state index contributed by atoms with van der Waals surface area (Å²) in [5.41, 5.74) is 3.30. The third-order valence-electron chi connectivity index (χ3n) is 5.47. The molecule has 164 valence electrons. The molecule has 0 spiro atoms. The summed E-state index contributed by atoms with van der Waals surface area (Å²) in [6, 6.07) is 7.52. The van der Waals surface area contributed by atoms with Crippen LogP contribution >= 0.6 is 0 Å². The second-order valence-corrected chi connectivity index (χ2v) is 8.66. The number of carbonyl (C=O) groups is 1. The first-order valence-electron chi connectivity index (χ1n) is 11.2. The van der Waals surface area contributed by atoms with Gasteiger partial charge in [-0.15, -0.1) is 0 Å². The van der Waals surface area contributed by atoms with Crippen LogP contribution in [0.25, 0.3) is 6.08 Å². The van der Waals surface area contributed by atoms with Crippen LogP contribution in [0.2, 0.25) is 0 Å². The quantitative estimate of drug-likeness (QED) is 0.191. The van der Waals surface area contributed by atoms with Crippen molar-refractivity contribution in [3.05, 3.63) is 71.1 Å². The summed E-state index contributed by atoms with van der Waals surface area (Å²) >= 11 is 0. The molecule has 1 aromatic heterocycles. The maximum atomic E-state index is 12.7. The van der Waals surface area contributed by atoms with Crippen molar-refractivity contribution in [3.8, 4) is 11.5 Å². The number of carbonyl (C=O) groups excluding carboxylic acids is 1. The molecule has 0 aliphatic carbocycles. The highest BCUT2D eigenvalue weighted by Gasteiger charge is 2.29. The first kappa shape index (κ1) is 22.8. The molecule has 2 aromatic rings. The molecule has 1 aromatic carbocycles. The van der Waals surface area contributed by atoms with E-state index in [4.69, 9.17) is 9.47 Å². The Balaban J connectivity index is 1.88. The molecule has 0 bridgehead atoms. The molecular formula is C27H33NO3. The van der Waals surface area contributed by atoms with Gasteiger partial charge in [0.15, 0.2) is 0 Å². The lowest BCUT2D eigenvalue weighted by Crippen LogP contribution is -2.32. The second kappa shape index (κ2) is 10.4. The zero-order chi connectivity index (χ0) is 22.3. The Morgan fingerprint density at radius 2 is 2.10 bits per heavy atom. The molecule has 0 amide bonds. The van der Waals surface area contributed by atoms with Crippen molar-refractivity contribution < 1.29 is 14.3 Å². The molecule has 4 heteroatoms. The molecule has 0 saturated heterocycles. The summed E-state index contributed by atoms with van der Waals surface area (Å²) < 4.78 is 12.3.